The lowest BCUT2D eigenvalue weighted by Gasteiger charge is -2.30. The van der Waals surface area contributed by atoms with Crippen LogP contribution in [-0.2, 0) is 33.2 Å². The fourth-order valence-corrected chi connectivity index (χ4v) is 18.6. The highest BCUT2D eigenvalue weighted by atomic mass is 79.9. The van der Waals surface area contributed by atoms with Gasteiger partial charge in [0.2, 0.25) is 0 Å². The molecule has 0 saturated heterocycles. The van der Waals surface area contributed by atoms with Gasteiger partial charge in [0.05, 0.1) is 64.6 Å². The summed E-state index contributed by atoms with van der Waals surface area (Å²) in [6.07, 6.45) is 0.441. The van der Waals surface area contributed by atoms with Gasteiger partial charge in [-0.2, -0.15) is 0 Å². The van der Waals surface area contributed by atoms with Gasteiger partial charge in [0.25, 0.3) is 66.7 Å². The second-order valence-corrected chi connectivity index (χ2v) is 28.0. The zero-order valence-electron chi connectivity index (χ0n) is 51.3. The first kappa shape index (κ1) is 67.0. The maximum Gasteiger partial charge on any atom is 0.264 e. The Morgan fingerprint density at radius 3 is 0.344 bits per heavy atom. The summed E-state index contributed by atoms with van der Waals surface area (Å²) < 4.78 is 5.09. The lowest BCUT2D eigenvalue weighted by molar-refractivity contribution is 0.329. The van der Waals surface area contributed by atoms with Gasteiger partial charge in [-0.1, -0.05) is 119 Å². The highest BCUT2D eigenvalue weighted by molar-refractivity contribution is 9.11. The van der Waals surface area contributed by atoms with Crippen molar-refractivity contribution in [3.8, 4) is 35.5 Å². The summed E-state index contributed by atoms with van der Waals surface area (Å²) in [5, 5.41) is -2.73. The van der Waals surface area contributed by atoms with Crippen molar-refractivity contribution >= 4 is 160 Å². The van der Waals surface area contributed by atoms with Crippen molar-refractivity contribution in [2.45, 2.75) is 193 Å². The molecule has 0 saturated carbocycles. The Hall–Kier alpha value is -5.94. The first-order valence-corrected chi connectivity index (χ1v) is 34.8. The van der Waals surface area contributed by atoms with Crippen LogP contribution in [0.4, 0.5) is 0 Å². The molecule has 0 unspecified atom stereocenters. The van der Waals surface area contributed by atoms with E-state index in [1.807, 2.05) is 0 Å². The van der Waals surface area contributed by atoms with Gasteiger partial charge in [-0.15, -0.1) is 0 Å². The van der Waals surface area contributed by atoms with Gasteiger partial charge in [-0.05, 0) is 173 Å². The molecule has 4 aliphatic rings. The number of hydrogen-bond acceptors (Lipinski definition) is 12. The molecule has 13 rings (SSSR count). The summed E-state index contributed by atoms with van der Waals surface area (Å²) in [7, 11) is 0. The fourth-order valence-electron chi connectivity index (χ4n) is 14.2. The van der Waals surface area contributed by atoms with E-state index in [-0.39, 0.29) is 169 Å². The highest BCUT2D eigenvalue weighted by Crippen LogP contribution is 2.42. The maximum atomic E-state index is 15.3. The second-order valence-electron chi connectivity index (χ2n) is 23.2. The average Bonchev–Trinajstić information content (AvgIpc) is 1.56. The third kappa shape index (κ3) is 8.29. The van der Waals surface area contributed by atoms with E-state index in [2.05, 4.69) is 131 Å². The molecule has 468 valence electrons. The zero-order chi connectivity index (χ0) is 66.5. The van der Waals surface area contributed by atoms with E-state index in [1.165, 1.54) is 0 Å². The Kier molecular flexibility index (Phi) is 17.1. The molecule has 18 bridgehead atoms. The summed E-state index contributed by atoms with van der Waals surface area (Å²) in [5.41, 5.74) is -20.0. The minimum Gasteiger partial charge on any atom is -0.268 e. The molecule has 9 aromatic rings. The van der Waals surface area contributed by atoms with Crippen LogP contribution in [0.15, 0.2) is 84.4 Å². The second kappa shape index (κ2) is 23.0. The molecule has 0 radical (unpaired) electrons. The van der Waals surface area contributed by atoms with Crippen LogP contribution in [0.5, 0.6) is 0 Å². The standard InChI is InChI=1S/C66H60Br6N6O12/c1-13-61(14-2)25-26-62(15-3,16-4)74-51(81)35-36(52(74)82)46(70)38-37(45(35)69)55(85)76(56(38)86)65(21-9,22-10)29-30-66(23-11,24-12)78-59(89)41-42(60(78)90)48(72)40-39(47(41)71)57(87)77(58(40)88)64(19-7,20-8)28-27-63(17-5,18-6)75-53(83)33-34(54(75)84)44(68)32-31(43(33)67)49(79)73(61)50(32)80/h13-24H2,1-12H3. The monoisotopic (exact) mass is 1600 g/mol. The van der Waals surface area contributed by atoms with Crippen LogP contribution < -0.4 is 66.7 Å². The van der Waals surface area contributed by atoms with Crippen molar-refractivity contribution in [3.63, 3.8) is 0 Å². The molecule has 0 N–H and O–H groups in total. The quantitative estimate of drug-likeness (QED) is 0.104. The van der Waals surface area contributed by atoms with Crippen molar-refractivity contribution in [3.05, 3.63) is 151 Å². The maximum absolute atomic E-state index is 15.3. The van der Waals surface area contributed by atoms with E-state index in [0.29, 0.717) is 0 Å². The van der Waals surface area contributed by atoms with Gasteiger partial charge in [0, 0.05) is 26.8 Å². The molecule has 3 aromatic carbocycles. The number of nitrogens with zero attached hydrogens (tertiary/aromatic N) is 6. The molecular formula is C66H60Br6N6O12. The smallest absolute Gasteiger partial charge is 0.264 e. The largest absolute Gasteiger partial charge is 0.268 e. The molecule has 10 heterocycles. The summed E-state index contributed by atoms with van der Waals surface area (Å²) in [5.74, 6) is 19.3. The van der Waals surface area contributed by atoms with E-state index in [1.54, 1.807) is 83.1 Å². The van der Waals surface area contributed by atoms with Crippen LogP contribution in [-0.4, -0.2) is 27.4 Å². The van der Waals surface area contributed by atoms with Crippen molar-refractivity contribution in [1.29, 1.82) is 0 Å². The van der Waals surface area contributed by atoms with Crippen molar-refractivity contribution in [2.75, 3.05) is 0 Å². The van der Waals surface area contributed by atoms with Crippen LogP contribution in [0.25, 0.3) is 64.6 Å². The van der Waals surface area contributed by atoms with E-state index in [0.717, 1.165) is 27.4 Å². The van der Waals surface area contributed by atoms with Crippen molar-refractivity contribution in [2.24, 2.45) is 0 Å². The van der Waals surface area contributed by atoms with Crippen molar-refractivity contribution in [1.82, 2.24) is 27.4 Å². The van der Waals surface area contributed by atoms with Gasteiger partial charge in [0.15, 0.2) is 0 Å². The predicted molar refractivity (Wildman–Crippen MR) is 376 cm³/mol. The SMILES string of the molecule is CCC1(CC)C#CC(CC)(CC)n2c(=O)c3c(Br)c4c(=O)n(c(=O)c4c(Br)c3c2=O)C(CC)(CC)C#CC(CC)(CC)n2c(=O)c3c(Br)c4c(=O)n(c(=O)c4c(Br)c3c2=O)C(CC)(CC)C#CC(CC)(CC)n2c(=O)c3c(Br)c4c(=O)n1c(=O)c4c(Br)c3c2=O. The topological polar surface area (TPSA) is 234 Å². The molecule has 90 heavy (non-hydrogen) atoms. The minimum absolute atomic E-state index is 0.0367. The van der Waals surface area contributed by atoms with Crippen molar-refractivity contribution < 1.29 is 0 Å². The summed E-state index contributed by atoms with van der Waals surface area (Å²) in [6.45, 7) is 20.6. The fraction of sp³-hybridized carbons (Fsp3) is 0.455. The molecule has 4 aliphatic heterocycles. The molecular weight excluding hydrogens is 1550 g/mol. The summed E-state index contributed by atoms with van der Waals surface area (Å²) in [6, 6.07) is 0. The van der Waals surface area contributed by atoms with E-state index in [4.69, 9.17) is 0 Å². The average molecular weight is 1610 g/mol. The number of benzene rings is 3. The minimum atomic E-state index is -1.63. The third-order valence-electron chi connectivity index (χ3n) is 20.3. The van der Waals surface area contributed by atoms with Gasteiger partial charge in [0.1, 0.15) is 33.2 Å². The Morgan fingerprint density at radius 2 is 0.278 bits per heavy atom. The molecule has 6 aromatic heterocycles. The molecule has 0 amide bonds. The molecule has 0 fully saturated rings. The van der Waals surface area contributed by atoms with Crippen LogP contribution in [0, 0.1) is 35.5 Å². The Labute approximate surface area is 562 Å². The van der Waals surface area contributed by atoms with Gasteiger partial charge in [-0.3, -0.25) is 84.9 Å². The number of hydrogen-bond donors (Lipinski definition) is 0. The Balaban J connectivity index is 1.40. The van der Waals surface area contributed by atoms with E-state index in [9.17, 15) is 0 Å². The first-order valence-electron chi connectivity index (χ1n) is 30.1. The normalized spacial score (nSPS) is 16.6. The van der Waals surface area contributed by atoms with Crippen LogP contribution in [0.2, 0.25) is 0 Å². The molecule has 0 spiro atoms. The number of aromatic nitrogens is 6. The van der Waals surface area contributed by atoms with Gasteiger partial charge >= 0.3 is 0 Å². The number of rotatable bonds is 12. The zero-order valence-corrected chi connectivity index (χ0v) is 60.9. The first-order chi connectivity index (χ1) is 42.5. The van der Waals surface area contributed by atoms with Crippen LogP contribution >= 0.6 is 95.6 Å². The van der Waals surface area contributed by atoms with E-state index >= 15 is 57.5 Å². The van der Waals surface area contributed by atoms with Gasteiger partial charge < -0.3 is 0 Å². The number of halogens is 6. The molecule has 24 heteroatoms. The Morgan fingerprint density at radius 1 is 0.200 bits per heavy atom. The summed E-state index contributed by atoms with van der Waals surface area (Å²) in [4.78, 5) is 183. The van der Waals surface area contributed by atoms with Crippen LogP contribution in [0.1, 0.15) is 160 Å². The molecule has 0 aliphatic carbocycles. The third-order valence-corrected chi connectivity index (χ3v) is 25.1. The van der Waals surface area contributed by atoms with Gasteiger partial charge in [-0.25, -0.2) is 0 Å². The van der Waals surface area contributed by atoms with Crippen LogP contribution in [0.3, 0.4) is 0 Å². The lowest BCUT2D eigenvalue weighted by Crippen LogP contribution is -2.46. The molecule has 18 nitrogen and oxygen atoms in total. The Bertz CT molecular complexity index is 4470. The molecule has 0 atom stereocenters. The predicted octanol–water partition coefficient (Wildman–Crippen LogP) is 10.5. The lowest BCUT2D eigenvalue weighted by atomic mass is 9.88. The highest BCUT2D eigenvalue weighted by Gasteiger charge is 2.44. The summed E-state index contributed by atoms with van der Waals surface area (Å²) >= 11 is 21.1. The van der Waals surface area contributed by atoms with E-state index < -0.39 is 99.9 Å².